The van der Waals surface area contributed by atoms with Crippen LogP contribution in [0, 0.1) is 0 Å². The van der Waals surface area contributed by atoms with E-state index in [0.717, 1.165) is 57.9 Å². The number of hydrogen-bond acceptors (Lipinski definition) is 5. The van der Waals surface area contributed by atoms with Crippen LogP contribution in [0.15, 0.2) is 60.7 Å². The van der Waals surface area contributed by atoms with Crippen LogP contribution in [0.25, 0.3) is 32.9 Å². The molecule has 0 aliphatic rings. The number of aromatic nitrogens is 5. The fourth-order valence-electron chi connectivity index (χ4n) is 4.59. The van der Waals surface area contributed by atoms with Crippen molar-refractivity contribution in [3.8, 4) is 17.0 Å². The summed E-state index contributed by atoms with van der Waals surface area (Å²) in [5.74, 6) is 1.34. The van der Waals surface area contributed by atoms with Crippen molar-refractivity contribution >= 4 is 27.6 Å². The predicted molar refractivity (Wildman–Crippen MR) is 133 cm³/mol. The molecule has 3 aromatic carbocycles. The van der Waals surface area contributed by atoms with Gasteiger partial charge in [0.1, 0.15) is 12.4 Å². The Hall–Kier alpha value is -4.00. The Morgan fingerprint density at radius 1 is 1.03 bits per heavy atom. The predicted octanol–water partition coefficient (Wildman–Crippen LogP) is 5.95. The summed E-state index contributed by atoms with van der Waals surface area (Å²) in [6, 6.07) is 20.6. The van der Waals surface area contributed by atoms with Crippen LogP contribution in [0.4, 0.5) is 0 Å². The summed E-state index contributed by atoms with van der Waals surface area (Å²) >= 11 is 0. The highest BCUT2D eigenvalue weighted by Gasteiger charge is 2.20. The molecule has 2 aromatic heterocycles. The zero-order valence-corrected chi connectivity index (χ0v) is 19.4. The SMILES string of the molecule is CCCCCc1c(-c2ccc3cc(OCc4nnn[nH]4)ccc3c2)n(C(C)=O)c2ccccc12. The lowest BCUT2D eigenvalue weighted by atomic mass is 9.98. The second kappa shape index (κ2) is 9.47. The lowest BCUT2D eigenvalue weighted by molar-refractivity contribution is 0.0943. The minimum atomic E-state index is 0.0266. The number of nitrogens with one attached hydrogen (secondary N) is 1. The lowest BCUT2D eigenvalue weighted by Gasteiger charge is -2.12. The highest BCUT2D eigenvalue weighted by Crippen LogP contribution is 2.36. The minimum Gasteiger partial charge on any atom is -0.486 e. The summed E-state index contributed by atoms with van der Waals surface area (Å²) in [5.41, 5.74) is 4.28. The van der Waals surface area contributed by atoms with Gasteiger partial charge in [-0.15, -0.1) is 5.10 Å². The molecule has 0 fully saturated rings. The summed E-state index contributed by atoms with van der Waals surface area (Å²) in [4.78, 5) is 12.8. The Morgan fingerprint density at radius 2 is 1.85 bits per heavy atom. The van der Waals surface area contributed by atoms with Gasteiger partial charge in [-0.05, 0) is 69.4 Å². The summed E-state index contributed by atoms with van der Waals surface area (Å²) < 4.78 is 7.69. The highest BCUT2D eigenvalue weighted by atomic mass is 16.5. The van der Waals surface area contributed by atoms with Gasteiger partial charge in [-0.3, -0.25) is 9.36 Å². The quantitative estimate of drug-likeness (QED) is 0.294. The van der Waals surface area contributed by atoms with Gasteiger partial charge in [-0.1, -0.05) is 56.2 Å². The monoisotopic (exact) mass is 453 g/mol. The van der Waals surface area contributed by atoms with E-state index in [2.05, 4.69) is 57.9 Å². The third kappa shape index (κ3) is 4.17. The molecule has 0 spiro atoms. The molecular weight excluding hydrogens is 426 g/mol. The molecule has 0 amide bonds. The number of tetrazole rings is 1. The molecule has 0 radical (unpaired) electrons. The van der Waals surface area contributed by atoms with Gasteiger partial charge < -0.3 is 4.74 Å². The van der Waals surface area contributed by atoms with E-state index in [9.17, 15) is 4.79 Å². The maximum absolute atomic E-state index is 12.8. The number of aryl methyl sites for hydroxylation is 1. The van der Waals surface area contributed by atoms with E-state index >= 15 is 0 Å². The fourth-order valence-corrected chi connectivity index (χ4v) is 4.59. The Kier molecular flexibility index (Phi) is 6.08. The number of fused-ring (bicyclic) bond motifs is 2. The van der Waals surface area contributed by atoms with Crippen molar-refractivity contribution in [2.75, 3.05) is 0 Å². The molecule has 5 rings (SSSR count). The maximum Gasteiger partial charge on any atom is 0.228 e. The van der Waals surface area contributed by atoms with E-state index in [1.54, 1.807) is 6.92 Å². The van der Waals surface area contributed by atoms with Crippen molar-refractivity contribution in [3.05, 3.63) is 72.1 Å². The molecular formula is C27H27N5O2. The number of benzene rings is 3. The average molecular weight is 454 g/mol. The van der Waals surface area contributed by atoms with Crippen LogP contribution in [0.1, 0.15) is 49.3 Å². The minimum absolute atomic E-state index is 0.0266. The first-order valence-corrected chi connectivity index (χ1v) is 11.7. The van der Waals surface area contributed by atoms with Gasteiger partial charge >= 0.3 is 0 Å². The first-order valence-electron chi connectivity index (χ1n) is 11.7. The van der Waals surface area contributed by atoms with Crippen molar-refractivity contribution in [2.24, 2.45) is 0 Å². The average Bonchev–Trinajstić information content (AvgIpc) is 3.49. The standard InChI is InChI=1S/C27H27N5O2/c1-3-4-5-9-24-23-8-6-7-10-25(23)32(18(2)33)27(24)21-12-11-20-16-22(14-13-19(20)15-21)34-17-26-28-30-31-29-26/h6-8,10-16H,3-5,9,17H2,1-2H3,(H,28,29,30,31). The van der Waals surface area contributed by atoms with Crippen molar-refractivity contribution in [3.63, 3.8) is 0 Å². The normalized spacial score (nSPS) is 11.4. The lowest BCUT2D eigenvalue weighted by Crippen LogP contribution is -2.07. The summed E-state index contributed by atoms with van der Waals surface area (Å²) in [7, 11) is 0. The van der Waals surface area contributed by atoms with Crippen LogP contribution in [0.3, 0.4) is 0 Å². The fraction of sp³-hybridized carbons (Fsp3) is 0.259. The van der Waals surface area contributed by atoms with Crippen LogP contribution in [0.5, 0.6) is 5.75 Å². The van der Waals surface area contributed by atoms with Crippen molar-refractivity contribution in [2.45, 2.75) is 46.1 Å². The molecule has 0 saturated heterocycles. The van der Waals surface area contributed by atoms with Gasteiger partial charge in [0, 0.05) is 12.3 Å². The molecule has 7 nitrogen and oxygen atoms in total. The second-order valence-corrected chi connectivity index (χ2v) is 8.52. The Balaban J connectivity index is 1.56. The number of unbranched alkanes of at least 4 members (excludes halogenated alkanes) is 2. The number of carbonyl (C=O) groups excluding carboxylic acids is 1. The molecule has 172 valence electrons. The van der Waals surface area contributed by atoms with Crippen LogP contribution >= 0.6 is 0 Å². The van der Waals surface area contributed by atoms with Gasteiger partial charge in [0.25, 0.3) is 0 Å². The molecule has 0 aliphatic carbocycles. The van der Waals surface area contributed by atoms with Crippen molar-refractivity contribution in [1.29, 1.82) is 0 Å². The van der Waals surface area contributed by atoms with Gasteiger partial charge in [0.05, 0.1) is 11.2 Å². The number of aromatic amines is 1. The van der Waals surface area contributed by atoms with Crippen LogP contribution in [-0.2, 0) is 13.0 Å². The van der Waals surface area contributed by atoms with E-state index in [-0.39, 0.29) is 12.5 Å². The van der Waals surface area contributed by atoms with Gasteiger partial charge in [-0.2, -0.15) is 0 Å². The summed E-state index contributed by atoms with van der Waals surface area (Å²) in [5, 5.41) is 17.0. The Labute approximate surface area is 197 Å². The van der Waals surface area contributed by atoms with Crippen molar-refractivity contribution < 1.29 is 9.53 Å². The summed E-state index contributed by atoms with van der Waals surface area (Å²) in [6.07, 6.45) is 4.38. The number of rotatable bonds is 8. The molecule has 1 N–H and O–H groups in total. The first kappa shape index (κ1) is 21.8. The zero-order chi connectivity index (χ0) is 23.5. The molecule has 7 heteroatoms. The Bertz CT molecular complexity index is 1450. The highest BCUT2D eigenvalue weighted by molar-refractivity contribution is 6.02. The largest absolute Gasteiger partial charge is 0.486 e. The van der Waals surface area contributed by atoms with Gasteiger partial charge in [0.2, 0.25) is 5.91 Å². The molecule has 2 heterocycles. The van der Waals surface area contributed by atoms with Crippen molar-refractivity contribution in [1.82, 2.24) is 25.2 Å². The number of H-pyrrole nitrogens is 1. The van der Waals surface area contributed by atoms with Crippen LogP contribution < -0.4 is 4.74 Å². The van der Waals surface area contributed by atoms with E-state index in [0.29, 0.717) is 5.82 Å². The Morgan fingerprint density at radius 3 is 2.65 bits per heavy atom. The third-order valence-electron chi connectivity index (χ3n) is 6.17. The van der Waals surface area contributed by atoms with Crippen LogP contribution in [0.2, 0.25) is 0 Å². The molecule has 5 aromatic rings. The number of ether oxygens (including phenoxy) is 1. The molecule has 0 unspecified atom stereocenters. The molecule has 0 saturated carbocycles. The first-order chi connectivity index (χ1) is 16.7. The maximum atomic E-state index is 12.8. The molecule has 34 heavy (non-hydrogen) atoms. The number of nitrogens with zero attached hydrogens (tertiary/aromatic N) is 4. The zero-order valence-electron chi connectivity index (χ0n) is 19.4. The summed E-state index contributed by atoms with van der Waals surface area (Å²) in [6.45, 7) is 4.13. The second-order valence-electron chi connectivity index (χ2n) is 8.52. The van der Waals surface area contributed by atoms with E-state index < -0.39 is 0 Å². The van der Waals surface area contributed by atoms with E-state index in [1.165, 1.54) is 12.0 Å². The van der Waals surface area contributed by atoms with E-state index in [4.69, 9.17) is 4.74 Å². The van der Waals surface area contributed by atoms with Gasteiger partial charge in [-0.25, -0.2) is 5.10 Å². The number of carbonyl (C=O) groups is 1. The number of hydrogen-bond donors (Lipinski definition) is 1. The smallest absolute Gasteiger partial charge is 0.228 e. The molecule has 0 bridgehead atoms. The third-order valence-corrected chi connectivity index (χ3v) is 6.17. The van der Waals surface area contributed by atoms with E-state index in [1.807, 2.05) is 34.9 Å². The number of para-hydroxylation sites is 1. The van der Waals surface area contributed by atoms with Gasteiger partial charge in [0.15, 0.2) is 5.82 Å². The molecule has 0 aliphatic heterocycles. The topological polar surface area (TPSA) is 85.7 Å². The van der Waals surface area contributed by atoms with Crippen LogP contribution in [-0.4, -0.2) is 31.1 Å². The molecule has 0 atom stereocenters.